The molecule has 2 aliphatic rings. The third-order valence-corrected chi connectivity index (χ3v) is 4.40. The molecule has 2 aromatic heterocycles. The van der Waals surface area contributed by atoms with E-state index in [1.54, 1.807) is 17.0 Å². The molecular weight excluding hydrogens is 280 g/mol. The molecule has 1 aliphatic heterocycles. The van der Waals surface area contributed by atoms with Crippen LogP contribution >= 0.6 is 0 Å². The fourth-order valence-electron chi connectivity index (χ4n) is 3.07. The molecule has 6 nitrogen and oxygen atoms in total. The molecule has 3 heterocycles. The summed E-state index contributed by atoms with van der Waals surface area (Å²) in [4.78, 5) is 18.6. The number of rotatable bonds is 5. The first-order chi connectivity index (χ1) is 10.7. The Hall–Kier alpha value is -1.95. The number of likely N-dealkylation sites (tertiary alicyclic amines) is 1. The van der Waals surface area contributed by atoms with E-state index in [1.807, 2.05) is 13.0 Å². The van der Waals surface area contributed by atoms with Crippen molar-refractivity contribution in [3.05, 3.63) is 46.0 Å². The maximum Gasteiger partial charge on any atom is 0.266 e. The Morgan fingerprint density at radius 2 is 2.14 bits per heavy atom. The van der Waals surface area contributed by atoms with Crippen molar-refractivity contribution in [1.82, 2.24) is 19.7 Å². The molecule has 1 saturated carbocycles. The third kappa shape index (κ3) is 2.83. The monoisotopic (exact) mass is 300 g/mol. The largest absolute Gasteiger partial charge is 0.449 e. The molecule has 2 fully saturated rings. The van der Waals surface area contributed by atoms with E-state index in [4.69, 9.17) is 4.42 Å². The molecule has 0 amide bonds. The summed E-state index contributed by atoms with van der Waals surface area (Å²) in [6.07, 6.45) is 4.13. The SMILES string of the molecule is Cc1nc(CN2CC(Cn3nc(C4CC4)ccc3=O)C2)co1. The van der Waals surface area contributed by atoms with Gasteiger partial charge in [0, 0.05) is 44.5 Å². The van der Waals surface area contributed by atoms with Crippen LogP contribution in [0.25, 0.3) is 0 Å². The molecule has 22 heavy (non-hydrogen) atoms. The standard InChI is InChI=1S/C16H20N4O2/c1-11-17-14(10-22-11)9-19-6-12(7-19)8-20-16(21)5-4-15(18-20)13-2-3-13/h4-5,10,12-13H,2-3,6-9H2,1H3. The number of aryl methyl sites for hydroxylation is 1. The van der Waals surface area contributed by atoms with Crippen LogP contribution in [-0.2, 0) is 13.1 Å². The predicted molar refractivity (Wildman–Crippen MR) is 80.5 cm³/mol. The molecule has 0 aromatic carbocycles. The van der Waals surface area contributed by atoms with Gasteiger partial charge in [0.1, 0.15) is 6.26 Å². The van der Waals surface area contributed by atoms with Gasteiger partial charge in [0.05, 0.1) is 17.9 Å². The van der Waals surface area contributed by atoms with Gasteiger partial charge >= 0.3 is 0 Å². The number of aromatic nitrogens is 3. The Kier molecular flexibility index (Phi) is 3.33. The molecule has 0 radical (unpaired) electrons. The lowest BCUT2D eigenvalue weighted by molar-refractivity contribution is 0.0752. The molecule has 1 aliphatic carbocycles. The van der Waals surface area contributed by atoms with Crippen LogP contribution in [0, 0.1) is 12.8 Å². The quantitative estimate of drug-likeness (QED) is 0.838. The maximum absolute atomic E-state index is 11.9. The molecular formula is C16H20N4O2. The normalized spacial score (nSPS) is 19.3. The van der Waals surface area contributed by atoms with Crippen molar-refractivity contribution < 1.29 is 4.42 Å². The minimum Gasteiger partial charge on any atom is -0.449 e. The van der Waals surface area contributed by atoms with E-state index in [0.717, 1.165) is 31.0 Å². The summed E-state index contributed by atoms with van der Waals surface area (Å²) in [6.45, 7) is 5.35. The van der Waals surface area contributed by atoms with Crippen molar-refractivity contribution in [3.8, 4) is 0 Å². The van der Waals surface area contributed by atoms with Crippen molar-refractivity contribution in [3.63, 3.8) is 0 Å². The molecule has 2 aromatic rings. The molecule has 6 heteroatoms. The first-order valence-electron chi connectivity index (χ1n) is 7.89. The Bertz CT molecular complexity index is 726. The Morgan fingerprint density at radius 1 is 1.32 bits per heavy atom. The summed E-state index contributed by atoms with van der Waals surface area (Å²) >= 11 is 0. The van der Waals surface area contributed by atoms with Crippen molar-refractivity contribution in [2.45, 2.75) is 38.8 Å². The van der Waals surface area contributed by atoms with Crippen LogP contribution in [0.2, 0.25) is 0 Å². The van der Waals surface area contributed by atoms with E-state index >= 15 is 0 Å². The van der Waals surface area contributed by atoms with Gasteiger partial charge in [0.2, 0.25) is 0 Å². The van der Waals surface area contributed by atoms with Gasteiger partial charge in [-0.1, -0.05) is 0 Å². The zero-order valence-electron chi connectivity index (χ0n) is 12.7. The van der Waals surface area contributed by atoms with Gasteiger partial charge < -0.3 is 4.42 Å². The van der Waals surface area contributed by atoms with Crippen LogP contribution in [0.4, 0.5) is 0 Å². The summed E-state index contributed by atoms with van der Waals surface area (Å²) in [5.74, 6) is 1.78. The average Bonchev–Trinajstić information content (AvgIpc) is 3.22. The smallest absolute Gasteiger partial charge is 0.266 e. The lowest BCUT2D eigenvalue weighted by atomic mass is 10.00. The van der Waals surface area contributed by atoms with Crippen LogP contribution in [0.1, 0.15) is 36.0 Å². The van der Waals surface area contributed by atoms with Gasteiger partial charge in [-0.2, -0.15) is 5.10 Å². The molecule has 0 bridgehead atoms. The van der Waals surface area contributed by atoms with Crippen molar-refractivity contribution in [2.24, 2.45) is 5.92 Å². The number of hydrogen-bond acceptors (Lipinski definition) is 5. The maximum atomic E-state index is 11.9. The highest BCUT2D eigenvalue weighted by Gasteiger charge is 2.29. The second kappa shape index (κ2) is 5.35. The van der Waals surface area contributed by atoms with Crippen molar-refractivity contribution >= 4 is 0 Å². The average molecular weight is 300 g/mol. The van der Waals surface area contributed by atoms with Gasteiger partial charge in [-0.25, -0.2) is 9.67 Å². The summed E-state index contributed by atoms with van der Waals surface area (Å²) < 4.78 is 6.87. The van der Waals surface area contributed by atoms with Crippen LogP contribution in [0.5, 0.6) is 0 Å². The predicted octanol–water partition coefficient (Wildman–Crippen LogP) is 1.55. The van der Waals surface area contributed by atoms with E-state index < -0.39 is 0 Å². The van der Waals surface area contributed by atoms with Crippen LogP contribution in [0.15, 0.2) is 27.6 Å². The van der Waals surface area contributed by atoms with Crippen LogP contribution in [0.3, 0.4) is 0 Å². The molecule has 1 saturated heterocycles. The van der Waals surface area contributed by atoms with Gasteiger partial charge in [0.15, 0.2) is 5.89 Å². The lowest BCUT2D eigenvalue weighted by Gasteiger charge is -2.38. The second-order valence-corrected chi connectivity index (χ2v) is 6.47. The summed E-state index contributed by atoms with van der Waals surface area (Å²) in [6, 6.07) is 3.55. The highest BCUT2D eigenvalue weighted by molar-refractivity contribution is 5.12. The number of oxazole rings is 1. The molecule has 0 atom stereocenters. The molecule has 0 N–H and O–H groups in total. The lowest BCUT2D eigenvalue weighted by Crippen LogP contribution is -2.49. The van der Waals surface area contributed by atoms with E-state index in [9.17, 15) is 4.79 Å². The zero-order valence-corrected chi connectivity index (χ0v) is 12.7. The van der Waals surface area contributed by atoms with Crippen LogP contribution < -0.4 is 5.56 Å². The van der Waals surface area contributed by atoms with E-state index in [1.165, 1.54) is 12.8 Å². The van der Waals surface area contributed by atoms with Gasteiger partial charge in [-0.15, -0.1) is 0 Å². The van der Waals surface area contributed by atoms with Crippen molar-refractivity contribution in [2.75, 3.05) is 13.1 Å². The molecule has 116 valence electrons. The minimum absolute atomic E-state index is 0.00924. The third-order valence-electron chi connectivity index (χ3n) is 4.40. The summed E-state index contributed by atoms with van der Waals surface area (Å²) in [5.41, 5.74) is 2.06. The topological polar surface area (TPSA) is 64.2 Å². The van der Waals surface area contributed by atoms with Crippen molar-refractivity contribution in [1.29, 1.82) is 0 Å². The Balaban J connectivity index is 1.34. The van der Waals surface area contributed by atoms with Gasteiger partial charge in [0.25, 0.3) is 5.56 Å². The molecule has 4 rings (SSSR count). The second-order valence-electron chi connectivity index (χ2n) is 6.47. The highest BCUT2D eigenvalue weighted by Crippen LogP contribution is 2.38. The van der Waals surface area contributed by atoms with E-state index in [-0.39, 0.29) is 5.56 Å². The molecule has 0 unspecified atom stereocenters. The number of nitrogens with zero attached hydrogens (tertiary/aromatic N) is 4. The first-order valence-corrected chi connectivity index (χ1v) is 7.89. The highest BCUT2D eigenvalue weighted by atomic mass is 16.3. The summed E-state index contributed by atoms with van der Waals surface area (Å²) in [7, 11) is 0. The van der Waals surface area contributed by atoms with E-state index in [0.29, 0.717) is 24.3 Å². The Labute approximate surface area is 128 Å². The first kappa shape index (κ1) is 13.7. The Morgan fingerprint density at radius 3 is 2.82 bits per heavy atom. The molecule has 0 spiro atoms. The minimum atomic E-state index is 0.00924. The fraction of sp³-hybridized carbons (Fsp3) is 0.562. The van der Waals surface area contributed by atoms with Crippen LogP contribution in [-0.4, -0.2) is 32.8 Å². The number of hydrogen-bond donors (Lipinski definition) is 0. The fourth-order valence-corrected chi connectivity index (χ4v) is 3.07. The zero-order chi connectivity index (χ0) is 15.1. The van der Waals surface area contributed by atoms with Gasteiger partial charge in [-0.05, 0) is 18.9 Å². The van der Waals surface area contributed by atoms with Gasteiger partial charge in [-0.3, -0.25) is 9.69 Å². The van der Waals surface area contributed by atoms with E-state index in [2.05, 4.69) is 15.0 Å². The summed E-state index contributed by atoms with van der Waals surface area (Å²) in [5, 5.41) is 4.53.